The maximum Gasteiger partial charge on any atom is 0.387 e. The fraction of sp³-hybridized carbons (Fsp3) is 0.182. The monoisotopic (exact) mass is 456 g/mol. The molecule has 10 heteroatoms. The van der Waals surface area contributed by atoms with E-state index in [0.29, 0.717) is 11.3 Å². The van der Waals surface area contributed by atoms with Gasteiger partial charge in [0.2, 0.25) is 5.91 Å². The molecule has 32 heavy (non-hydrogen) atoms. The van der Waals surface area contributed by atoms with Gasteiger partial charge in [-0.1, -0.05) is 42.5 Å². The Labute approximate surface area is 186 Å². The Kier molecular flexibility index (Phi) is 6.50. The number of nitrogens with one attached hydrogen (secondary N) is 1. The van der Waals surface area contributed by atoms with Crippen LogP contribution in [0.5, 0.6) is 5.75 Å². The van der Waals surface area contributed by atoms with E-state index >= 15 is 0 Å². The minimum Gasteiger partial charge on any atom is -0.434 e. The number of thiazole rings is 1. The molecule has 0 spiro atoms. The van der Waals surface area contributed by atoms with E-state index in [-0.39, 0.29) is 41.9 Å². The first-order valence-electron chi connectivity index (χ1n) is 9.72. The van der Waals surface area contributed by atoms with E-state index in [1.807, 2.05) is 30.3 Å². The summed E-state index contributed by atoms with van der Waals surface area (Å²) in [5, 5.41) is 10.1. The molecule has 0 saturated heterocycles. The van der Waals surface area contributed by atoms with E-state index in [0.717, 1.165) is 16.9 Å². The fourth-order valence-corrected chi connectivity index (χ4v) is 3.85. The number of hydrogen-bond donors (Lipinski definition) is 1. The highest BCUT2D eigenvalue weighted by atomic mass is 32.1. The van der Waals surface area contributed by atoms with E-state index in [2.05, 4.69) is 20.1 Å². The highest BCUT2D eigenvalue weighted by Gasteiger charge is 2.25. The van der Waals surface area contributed by atoms with Crippen molar-refractivity contribution in [1.82, 2.24) is 9.99 Å². The molecule has 0 atom stereocenters. The van der Waals surface area contributed by atoms with Crippen molar-refractivity contribution in [3.05, 3.63) is 65.5 Å². The average molecular weight is 456 g/mol. The van der Waals surface area contributed by atoms with Gasteiger partial charge in [-0.15, -0.1) is 11.3 Å². The Morgan fingerprint density at radius 2 is 1.88 bits per heavy atom. The van der Waals surface area contributed by atoms with Crippen molar-refractivity contribution in [3.63, 3.8) is 0 Å². The molecule has 164 valence electrons. The van der Waals surface area contributed by atoms with Crippen LogP contribution < -0.4 is 10.1 Å². The van der Waals surface area contributed by atoms with Crippen molar-refractivity contribution in [1.29, 1.82) is 0 Å². The molecule has 0 unspecified atom stereocenters. The number of nitrogens with zero attached hydrogens (tertiary/aromatic N) is 3. The Morgan fingerprint density at radius 3 is 2.66 bits per heavy atom. The first-order chi connectivity index (χ1) is 15.5. The van der Waals surface area contributed by atoms with Gasteiger partial charge >= 0.3 is 6.61 Å². The molecule has 0 radical (unpaired) electrons. The largest absolute Gasteiger partial charge is 0.434 e. The first-order valence-corrected chi connectivity index (χ1v) is 10.6. The van der Waals surface area contributed by atoms with Crippen molar-refractivity contribution in [2.24, 2.45) is 5.10 Å². The van der Waals surface area contributed by atoms with Gasteiger partial charge in [0.1, 0.15) is 11.5 Å². The zero-order chi connectivity index (χ0) is 22.5. The second kappa shape index (κ2) is 9.65. The lowest BCUT2D eigenvalue weighted by Gasteiger charge is -2.23. The van der Waals surface area contributed by atoms with Crippen molar-refractivity contribution >= 4 is 34.0 Å². The molecule has 2 heterocycles. The fourth-order valence-electron chi connectivity index (χ4n) is 3.15. The van der Waals surface area contributed by atoms with Crippen LogP contribution in [-0.4, -0.2) is 34.1 Å². The lowest BCUT2D eigenvalue weighted by atomic mass is 10.1. The smallest absolute Gasteiger partial charge is 0.387 e. The topological polar surface area (TPSA) is 83.9 Å². The SMILES string of the molecule is O=C(Nc1nc(-c2ccccc2OC(F)F)cs1)C1=NN(Cc2ccccc2)C(=O)CC1. The first kappa shape index (κ1) is 21.6. The maximum absolute atomic E-state index is 12.7. The lowest BCUT2D eigenvalue weighted by Crippen LogP contribution is -2.36. The van der Waals surface area contributed by atoms with Crippen LogP contribution in [0.25, 0.3) is 11.3 Å². The summed E-state index contributed by atoms with van der Waals surface area (Å²) in [4.78, 5) is 29.2. The van der Waals surface area contributed by atoms with Crippen molar-refractivity contribution in [2.75, 3.05) is 5.32 Å². The van der Waals surface area contributed by atoms with Crippen LogP contribution in [0.15, 0.2) is 65.1 Å². The average Bonchev–Trinajstić information content (AvgIpc) is 3.24. The highest BCUT2D eigenvalue weighted by molar-refractivity contribution is 7.14. The predicted octanol–water partition coefficient (Wildman–Crippen LogP) is 4.53. The van der Waals surface area contributed by atoms with Gasteiger partial charge in [0.25, 0.3) is 5.91 Å². The molecule has 0 bridgehead atoms. The molecular formula is C22H18F2N4O3S. The van der Waals surface area contributed by atoms with Gasteiger partial charge in [-0.3, -0.25) is 14.9 Å². The number of hydrogen-bond acceptors (Lipinski definition) is 6. The van der Waals surface area contributed by atoms with Crippen LogP contribution in [0.2, 0.25) is 0 Å². The normalized spacial score (nSPS) is 13.8. The minimum atomic E-state index is -2.96. The number of ether oxygens (including phenoxy) is 1. The minimum absolute atomic E-state index is 0.00241. The zero-order valence-corrected chi connectivity index (χ0v) is 17.5. The number of carbonyl (C=O) groups excluding carboxylic acids is 2. The third-order valence-electron chi connectivity index (χ3n) is 4.65. The summed E-state index contributed by atoms with van der Waals surface area (Å²) >= 11 is 1.15. The summed E-state index contributed by atoms with van der Waals surface area (Å²) in [5.41, 5.74) is 1.91. The summed E-state index contributed by atoms with van der Waals surface area (Å²) in [5.74, 6) is -0.622. The summed E-state index contributed by atoms with van der Waals surface area (Å²) in [6.45, 7) is -2.68. The third-order valence-corrected chi connectivity index (χ3v) is 5.40. The quantitative estimate of drug-likeness (QED) is 0.566. The molecule has 3 aromatic rings. The van der Waals surface area contributed by atoms with E-state index in [1.54, 1.807) is 23.6 Å². The Morgan fingerprint density at radius 1 is 1.12 bits per heavy atom. The molecule has 1 aromatic heterocycles. The number of hydrazone groups is 1. The Hall–Kier alpha value is -3.66. The molecule has 0 aliphatic carbocycles. The molecular weight excluding hydrogens is 438 g/mol. The molecule has 1 N–H and O–H groups in total. The molecule has 0 saturated carbocycles. The van der Waals surface area contributed by atoms with Gasteiger partial charge in [0.05, 0.1) is 12.2 Å². The summed E-state index contributed by atoms with van der Waals surface area (Å²) in [6, 6.07) is 15.7. The van der Waals surface area contributed by atoms with Gasteiger partial charge < -0.3 is 4.74 Å². The number of alkyl halides is 2. The zero-order valence-electron chi connectivity index (χ0n) is 16.7. The van der Waals surface area contributed by atoms with Crippen molar-refractivity contribution in [2.45, 2.75) is 26.0 Å². The Balaban J connectivity index is 1.47. The van der Waals surface area contributed by atoms with Crippen LogP contribution in [-0.2, 0) is 16.1 Å². The number of rotatable bonds is 7. The number of anilines is 1. The van der Waals surface area contributed by atoms with E-state index in [9.17, 15) is 18.4 Å². The molecule has 1 aliphatic heterocycles. The second-order valence-electron chi connectivity index (χ2n) is 6.85. The molecule has 1 aliphatic rings. The summed E-state index contributed by atoms with van der Waals surface area (Å²) in [6.07, 6.45) is 0.403. The maximum atomic E-state index is 12.7. The van der Waals surface area contributed by atoms with Gasteiger partial charge in [-0.2, -0.15) is 13.9 Å². The van der Waals surface area contributed by atoms with Gasteiger partial charge in [0.15, 0.2) is 5.13 Å². The van der Waals surface area contributed by atoms with E-state index in [4.69, 9.17) is 0 Å². The number of halogens is 2. The number of aromatic nitrogens is 1. The Bertz CT molecular complexity index is 1150. The third kappa shape index (κ3) is 5.14. The summed E-state index contributed by atoms with van der Waals surface area (Å²) in [7, 11) is 0. The van der Waals surface area contributed by atoms with Gasteiger partial charge in [0, 0.05) is 23.8 Å². The summed E-state index contributed by atoms with van der Waals surface area (Å²) < 4.78 is 29.9. The highest BCUT2D eigenvalue weighted by Crippen LogP contribution is 2.33. The van der Waals surface area contributed by atoms with Crippen molar-refractivity contribution in [3.8, 4) is 17.0 Å². The standard InChI is InChI=1S/C22H18F2N4O3S/c23-21(24)31-18-9-5-4-8-15(18)17-13-32-22(25-17)26-20(30)16-10-11-19(29)28(27-16)12-14-6-2-1-3-7-14/h1-9,13,21H,10-12H2,(H,25,26,30). The van der Waals surface area contributed by atoms with Crippen LogP contribution in [0, 0.1) is 0 Å². The van der Waals surface area contributed by atoms with Crippen LogP contribution in [0.1, 0.15) is 18.4 Å². The molecule has 2 aromatic carbocycles. The predicted molar refractivity (Wildman–Crippen MR) is 116 cm³/mol. The van der Waals surface area contributed by atoms with Crippen LogP contribution in [0.4, 0.5) is 13.9 Å². The van der Waals surface area contributed by atoms with E-state index < -0.39 is 12.5 Å². The van der Waals surface area contributed by atoms with E-state index in [1.165, 1.54) is 11.1 Å². The molecule has 7 nitrogen and oxygen atoms in total. The van der Waals surface area contributed by atoms with Crippen LogP contribution in [0.3, 0.4) is 0 Å². The molecule has 2 amide bonds. The van der Waals surface area contributed by atoms with Crippen LogP contribution >= 0.6 is 11.3 Å². The molecule has 4 rings (SSSR count). The number of para-hydroxylation sites is 1. The van der Waals surface area contributed by atoms with Gasteiger partial charge in [-0.05, 0) is 17.7 Å². The second-order valence-corrected chi connectivity index (χ2v) is 7.71. The van der Waals surface area contributed by atoms with Gasteiger partial charge in [-0.25, -0.2) is 9.99 Å². The number of carbonyl (C=O) groups is 2. The van der Waals surface area contributed by atoms with Crippen molar-refractivity contribution < 1.29 is 23.1 Å². The number of amides is 2. The lowest BCUT2D eigenvalue weighted by molar-refractivity contribution is -0.132. The molecule has 0 fully saturated rings. The number of benzene rings is 2.